The Bertz CT molecular complexity index is 793. The molecule has 0 atom stereocenters. The van der Waals surface area contributed by atoms with Crippen LogP contribution in [0.5, 0.6) is 0 Å². The van der Waals surface area contributed by atoms with E-state index in [4.69, 9.17) is 12.2 Å². The minimum absolute atomic E-state index is 0.0198. The van der Waals surface area contributed by atoms with Crippen molar-refractivity contribution in [1.82, 2.24) is 15.2 Å². The first-order valence-electron chi connectivity index (χ1n) is 8.75. The first-order chi connectivity index (χ1) is 11.6. The monoisotopic (exact) mass is 343 g/mol. The summed E-state index contributed by atoms with van der Waals surface area (Å²) >= 11 is 5.49. The Labute approximate surface area is 148 Å². The Hall–Kier alpha value is -1.88. The largest absolute Gasteiger partial charge is 0.366 e. The molecule has 5 heteroatoms. The van der Waals surface area contributed by atoms with Gasteiger partial charge in [-0.1, -0.05) is 25.8 Å². The number of benzene rings is 1. The first-order valence-corrected chi connectivity index (χ1v) is 9.16. The number of aromatic nitrogens is 1. The Morgan fingerprint density at radius 1 is 1.33 bits per heavy atom. The van der Waals surface area contributed by atoms with E-state index in [0.717, 1.165) is 40.8 Å². The molecule has 0 amide bonds. The normalized spacial score (nSPS) is 14.9. The van der Waals surface area contributed by atoms with Crippen molar-refractivity contribution in [3.8, 4) is 0 Å². The van der Waals surface area contributed by atoms with Crippen LogP contribution < -0.4 is 10.9 Å². The van der Waals surface area contributed by atoms with E-state index in [0.29, 0.717) is 12.6 Å². The van der Waals surface area contributed by atoms with Crippen LogP contribution in [0.2, 0.25) is 0 Å². The second kappa shape index (κ2) is 7.34. The predicted molar refractivity (Wildman–Crippen MR) is 103 cm³/mol. The third-order valence-electron chi connectivity index (χ3n) is 4.97. The summed E-state index contributed by atoms with van der Waals surface area (Å²) in [5, 5.41) is 4.90. The van der Waals surface area contributed by atoms with Crippen LogP contribution in [0.15, 0.2) is 29.1 Å². The highest BCUT2D eigenvalue weighted by atomic mass is 32.1. The van der Waals surface area contributed by atoms with Gasteiger partial charge in [0.1, 0.15) is 0 Å². The first kappa shape index (κ1) is 17.0. The second-order valence-electron chi connectivity index (χ2n) is 6.52. The zero-order valence-corrected chi connectivity index (χ0v) is 15.2. The number of H-pyrrole nitrogens is 1. The molecule has 24 heavy (non-hydrogen) atoms. The summed E-state index contributed by atoms with van der Waals surface area (Å²) in [6, 6.07) is 8.67. The molecule has 128 valence electrons. The van der Waals surface area contributed by atoms with E-state index >= 15 is 0 Å². The highest BCUT2D eigenvalue weighted by Gasteiger charge is 2.25. The molecule has 1 fully saturated rings. The molecule has 1 aliphatic rings. The van der Waals surface area contributed by atoms with E-state index < -0.39 is 0 Å². The van der Waals surface area contributed by atoms with Crippen molar-refractivity contribution in [1.29, 1.82) is 0 Å². The predicted octanol–water partition coefficient (Wildman–Crippen LogP) is 3.34. The number of nitrogens with one attached hydrogen (secondary N) is 2. The molecule has 2 aromatic rings. The molecule has 0 saturated heterocycles. The number of pyridine rings is 1. The zero-order chi connectivity index (χ0) is 17.1. The van der Waals surface area contributed by atoms with Gasteiger partial charge >= 0.3 is 0 Å². The second-order valence-corrected chi connectivity index (χ2v) is 6.91. The van der Waals surface area contributed by atoms with E-state index in [9.17, 15) is 4.79 Å². The lowest BCUT2D eigenvalue weighted by molar-refractivity contribution is 0.304. The molecule has 0 spiro atoms. The SMILES string of the molecule is CCc1ccc2[nH]c(=O)c(CN(C(=S)NC)C3CCCC3)cc2c1. The third kappa shape index (κ3) is 3.46. The molecular formula is C19H25N3OS. The minimum atomic E-state index is -0.0198. The number of aryl methyl sites for hydroxylation is 1. The summed E-state index contributed by atoms with van der Waals surface area (Å²) in [5.74, 6) is 0. The van der Waals surface area contributed by atoms with Crippen LogP contribution in [0.1, 0.15) is 43.7 Å². The van der Waals surface area contributed by atoms with Crippen LogP contribution in [0, 0.1) is 0 Å². The molecule has 0 aliphatic heterocycles. The van der Waals surface area contributed by atoms with E-state index in [1.54, 1.807) is 0 Å². The maximum atomic E-state index is 12.5. The van der Waals surface area contributed by atoms with Crippen LogP contribution in [0.25, 0.3) is 10.9 Å². The highest BCUT2D eigenvalue weighted by Crippen LogP contribution is 2.25. The fourth-order valence-corrected chi connectivity index (χ4v) is 3.76. The van der Waals surface area contributed by atoms with E-state index in [1.165, 1.54) is 18.4 Å². The Morgan fingerprint density at radius 3 is 2.75 bits per heavy atom. The summed E-state index contributed by atoms with van der Waals surface area (Å²) in [7, 11) is 1.85. The highest BCUT2D eigenvalue weighted by molar-refractivity contribution is 7.80. The van der Waals surface area contributed by atoms with Crippen molar-refractivity contribution < 1.29 is 0 Å². The van der Waals surface area contributed by atoms with Gasteiger partial charge in [0.05, 0.1) is 6.54 Å². The Morgan fingerprint density at radius 2 is 2.08 bits per heavy atom. The van der Waals surface area contributed by atoms with Crippen molar-refractivity contribution in [2.45, 2.75) is 51.6 Å². The van der Waals surface area contributed by atoms with Gasteiger partial charge in [0.15, 0.2) is 5.11 Å². The van der Waals surface area contributed by atoms with Gasteiger partial charge in [0.2, 0.25) is 0 Å². The summed E-state index contributed by atoms with van der Waals surface area (Å²) in [4.78, 5) is 17.7. The summed E-state index contributed by atoms with van der Waals surface area (Å²) in [6.45, 7) is 2.70. The van der Waals surface area contributed by atoms with Crippen molar-refractivity contribution in [2.24, 2.45) is 0 Å². The molecule has 1 heterocycles. The standard InChI is InChI=1S/C19H25N3OS/c1-3-13-8-9-17-14(10-13)11-15(18(23)21-17)12-22(19(24)20-2)16-6-4-5-7-16/h8-11,16H,3-7,12H2,1-2H3,(H,20,24)(H,21,23). The van der Waals surface area contributed by atoms with Crippen LogP contribution in [-0.4, -0.2) is 28.1 Å². The lowest BCUT2D eigenvalue weighted by atomic mass is 10.1. The Balaban J connectivity index is 1.95. The van der Waals surface area contributed by atoms with Crippen molar-refractivity contribution >= 4 is 28.2 Å². The summed E-state index contributed by atoms with van der Waals surface area (Å²) in [5.41, 5.74) is 2.93. The molecule has 2 N–H and O–H groups in total. The molecule has 0 radical (unpaired) electrons. The van der Waals surface area contributed by atoms with Gasteiger partial charge in [0.25, 0.3) is 5.56 Å². The molecule has 1 aromatic carbocycles. The fourth-order valence-electron chi connectivity index (χ4n) is 3.55. The number of hydrogen-bond donors (Lipinski definition) is 2. The quantitative estimate of drug-likeness (QED) is 0.836. The van der Waals surface area contributed by atoms with Crippen LogP contribution in [0.3, 0.4) is 0 Å². The lowest BCUT2D eigenvalue weighted by Gasteiger charge is -2.31. The van der Waals surface area contributed by atoms with Crippen LogP contribution in [-0.2, 0) is 13.0 Å². The smallest absolute Gasteiger partial charge is 0.253 e. The topological polar surface area (TPSA) is 48.1 Å². The lowest BCUT2D eigenvalue weighted by Crippen LogP contribution is -2.44. The maximum absolute atomic E-state index is 12.5. The summed E-state index contributed by atoms with van der Waals surface area (Å²) < 4.78 is 0. The van der Waals surface area contributed by atoms with Gasteiger partial charge in [-0.3, -0.25) is 4.79 Å². The maximum Gasteiger partial charge on any atom is 0.253 e. The molecule has 3 rings (SSSR count). The third-order valence-corrected chi connectivity index (χ3v) is 5.41. The van der Waals surface area contributed by atoms with E-state index in [1.807, 2.05) is 19.2 Å². The fraction of sp³-hybridized carbons (Fsp3) is 0.474. The van der Waals surface area contributed by atoms with E-state index in [-0.39, 0.29) is 5.56 Å². The number of aromatic amines is 1. The Kier molecular flexibility index (Phi) is 5.19. The number of rotatable bonds is 4. The number of hydrogen-bond acceptors (Lipinski definition) is 2. The minimum Gasteiger partial charge on any atom is -0.366 e. The number of nitrogens with zero attached hydrogens (tertiary/aromatic N) is 1. The van der Waals surface area contributed by atoms with Gasteiger partial charge in [-0.15, -0.1) is 0 Å². The van der Waals surface area contributed by atoms with E-state index in [2.05, 4.69) is 34.3 Å². The van der Waals surface area contributed by atoms with Crippen LogP contribution >= 0.6 is 12.2 Å². The molecule has 4 nitrogen and oxygen atoms in total. The average Bonchev–Trinajstić information content (AvgIpc) is 3.13. The van der Waals surface area contributed by atoms with Crippen molar-refractivity contribution in [3.05, 3.63) is 45.7 Å². The molecule has 0 bridgehead atoms. The number of fused-ring (bicyclic) bond motifs is 1. The van der Waals surface area contributed by atoms with Gasteiger partial charge in [-0.2, -0.15) is 0 Å². The molecule has 1 aliphatic carbocycles. The molecule has 1 aromatic heterocycles. The number of thiocarbonyl (C=S) groups is 1. The van der Waals surface area contributed by atoms with Gasteiger partial charge in [-0.05, 0) is 60.6 Å². The summed E-state index contributed by atoms with van der Waals surface area (Å²) in [6.07, 6.45) is 5.76. The van der Waals surface area contributed by atoms with Gasteiger partial charge in [0, 0.05) is 24.2 Å². The zero-order valence-electron chi connectivity index (χ0n) is 14.4. The average molecular weight is 343 g/mol. The van der Waals surface area contributed by atoms with Crippen molar-refractivity contribution in [2.75, 3.05) is 7.05 Å². The van der Waals surface area contributed by atoms with Crippen LogP contribution in [0.4, 0.5) is 0 Å². The van der Waals surface area contributed by atoms with Gasteiger partial charge < -0.3 is 15.2 Å². The molecule has 1 saturated carbocycles. The van der Waals surface area contributed by atoms with Gasteiger partial charge in [-0.25, -0.2) is 0 Å². The van der Waals surface area contributed by atoms with Crippen molar-refractivity contribution in [3.63, 3.8) is 0 Å². The molecular weight excluding hydrogens is 318 g/mol. The molecule has 0 unspecified atom stereocenters.